The Kier molecular flexibility index (Phi) is 4.62. The van der Waals surface area contributed by atoms with E-state index >= 15 is 0 Å². The lowest BCUT2D eigenvalue weighted by atomic mass is 10.1. The van der Waals surface area contributed by atoms with Crippen LogP contribution in [-0.4, -0.2) is 48.4 Å². The Labute approximate surface area is 122 Å². The molecular weight excluding hydrogens is 304 g/mol. The largest absolute Gasteiger partial charge is 0.336 e. The van der Waals surface area contributed by atoms with Gasteiger partial charge in [-0.15, -0.1) is 6.42 Å². The molecule has 1 aliphatic heterocycles. The molecule has 0 saturated carbocycles. The van der Waals surface area contributed by atoms with Gasteiger partial charge in [-0.3, -0.25) is 9.69 Å². The Bertz CT molecular complexity index is 513. The number of terminal acetylenes is 1. The highest BCUT2D eigenvalue weighted by atomic mass is 79.9. The highest BCUT2D eigenvalue weighted by Gasteiger charge is 2.21. The van der Waals surface area contributed by atoms with Crippen LogP contribution in [0.15, 0.2) is 22.7 Å². The molecule has 3 nitrogen and oxygen atoms in total. The van der Waals surface area contributed by atoms with Crippen LogP contribution in [0.25, 0.3) is 0 Å². The van der Waals surface area contributed by atoms with Gasteiger partial charge in [0, 0.05) is 36.2 Å². The molecule has 0 aromatic heterocycles. The molecule has 1 amide bonds. The van der Waals surface area contributed by atoms with E-state index in [9.17, 15) is 4.79 Å². The number of aryl methyl sites for hydroxylation is 1. The molecule has 0 unspecified atom stereocenters. The minimum Gasteiger partial charge on any atom is -0.336 e. The SMILES string of the molecule is C#CCN1CCN(C(=O)c2ccc(C)c(Br)c2)CC1. The van der Waals surface area contributed by atoms with Gasteiger partial charge in [-0.2, -0.15) is 0 Å². The summed E-state index contributed by atoms with van der Waals surface area (Å²) in [4.78, 5) is 16.5. The van der Waals surface area contributed by atoms with Gasteiger partial charge in [-0.05, 0) is 24.6 Å². The molecule has 4 heteroatoms. The van der Waals surface area contributed by atoms with Gasteiger partial charge in [0.1, 0.15) is 0 Å². The number of nitrogens with zero attached hydrogens (tertiary/aromatic N) is 2. The van der Waals surface area contributed by atoms with Crippen LogP contribution in [0.5, 0.6) is 0 Å². The molecule has 1 aromatic rings. The molecular formula is C15H17BrN2O. The Morgan fingerprint density at radius 2 is 2.05 bits per heavy atom. The van der Waals surface area contributed by atoms with Crippen molar-refractivity contribution >= 4 is 21.8 Å². The number of piperazine rings is 1. The number of rotatable bonds is 2. The molecule has 0 N–H and O–H groups in total. The fourth-order valence-corrected chi connectivity index (χ4v) is 2.53. The first kappa shape index (κ1) is 14.1. The highest BCUT2D eigenvalue weighted by molar-refractivity contribution is 9.10. The normalized spacial score (nSPS) is 16.2. The van der Waals surface area contributed by atoms with Crippen LogP contribution in [0.4, 0.5) is 0 Å². The number of carbonyl (C=O) groups is 1. The average Bonchev–Trinajstić information content (AvgIpc) is 2.42. The zero-order valence-corrected chi connectivity index (χ0v) is 12.6. The number of hydrogen-bond acceptors (Lipinski definition) is 2. The van der Waals surface area contributed by atoms with Crippen molar-refractivity contribution in [1.82, 2.24) is 9.80 Å². The van der Waals surface area contributed by atoms with E-state index in [0.717, 1.165) is 41.8 Å². The minimum absolute atomic E-state index is 0.0982. The van der Waals surface area contributed by atoms with Gasteiger partial charge in [0.2, 0.25) is 0 Å². The summed E-state index contributed by atoms with van der Waals surface area (Å²) in [5.74, 6) is 2.74. The lowest BCUT2D eigenvalue weighted by molar-refractivity contribution is 0.0652. The van der Waals surface area contributed by atoms with Crippen LogP contribution in [0, 0.1) is 19.3 Å². The lowest BCUT2D eigenvalue weighted by Gasteiger charge is -2.33. The van der Waals surface area contributed by atoms with Crippen LogP contribution < -0.4 is 0 Å². The first-order valence-electron chi connectivity index (χ1n) is 6.33. The quantitative estimate of drug-likeness (QED) is 0.779. The molecule has 19 heavy (non-hydrogen) atoms. The van der Waals surface area contributed by atoms with E-state index in [4.69, 9.17) is 6.42 Å². The first-order chi connectivity index (χ1) is 9.11. The Hall–Kier alpha value is -1.31. The molecule has 1 fully saturated rings. The molecule has 1 saturated heterocycles. The summed E-state index contributed by atoms with van der Waals surface area (Å²) in [6.45, 7) is 5.86. The van der Waals surface area contributed by atoms with E-state index in [0.29, 0.717) is 6.54 Å². The second-order valence-corrected chi connectivity index (χ2v) is 5.59. The lowest BCUT2D eigenvalue weighted by Crippen LogP contribution is -2.48. The minimum atomic E-state index is 0.0982. The predicted octanol–water partition coefficient (Wildman–Crippen LogP) is 2.15. The summed E-state index contributed by atoms with van der Waals surface area (Å²) in [6, 6.07) is 5.74. The van der Waals surface area contributed by atoms with Gasteiger partial charge in [-0.1, -0.05) is 27.9 Å². The molecule has 100 valence electrons. The zero-order valence-electron chi connectivity index (χ0n) is 11.0. The van der Waals surface area contributed by atoms with Crippen molar-refractivity contribution in [2.75, 3.05) is 32.7 Å². The van der Waals surface area contributed by atoms with E-state index in [2.05, 4.69) is 26.8 Å². The number of halogens is 1. The summed E-state index contributed by atoms with van der Waals surface area (Å²) in [5, 5.41) is 0. The molecule has 0 spiro atoms. The molecule has 1 aromatic carbocycles. The van der Waals surface area contributed by atoms with Gasteiger partial charge in [-0.25, -0.2) is 0 Å². The van der Waals surface area contributed by atoms with E-state index in [1.165, 1.54) is 0 Å². The Morgan fingerprint density at radius 1 is 1.37 bits per heavy atom. The second kappa shape index (κ2) is 6.23. The van der Waals surface area contributed by atoms with Crippen molar-refractivity contribution in [1.29, 1.82) is 0 Å². The maximum Gasteiger partial charge on any atom is 0.253 e. The van der Waals surface area contributed by atoms with Crippen molar-refractivity contribution in [3.8, 4) is 12.3 Å². The zero-order chi connectivity index (χ0) is 13.8. The highest BCUT2D eigenvalue weighted by Crippen LogP contribution is 2.19. The van der Waals surface area contributed by atoms with Crippen molar-refractivity contribution in [3.05, 3.63) is 33.8 Å². The Morgan fingerprint density at radius 3 is 2.63 bits per heavy atom. The van der Waals surface area contributed by atoms with Gasteiger partial charge >= 0.3 is 0 Å². The third-order valence-electron chi connectivity index (χ3n) is 3.39. The fourth-order valence-electron chi connectivity index (χ4n) is 2.15. The van der Waals surface area contributed by atoms with E-state index in [1.807, 2.05) is 30.0 Å². The monoisotopic (exact) mass is 320 g/mol. The van der Waals surface area contributed by atoms with Crippen LogP contribution in [0.1, 0.15) is 15.9 Å². The van der Waals surface area contributed by atoms with Crippen molar-refractivity contribution in [2.45, 2.75) is 6.92 Å². The summed E-state index contributed by atoms with van der Waals surface area (Å²) >= 11 is 3.47. The van der Waals surface area contributed by atoms with E-state index in [1.54, 1.807) is 0 Å². The number of hydrogen-bond donors (Lipinski definition) is 0. The van der Waals surface area contributed by atoms with Gasteiger partial charge in [0.15, 0.2) is 0 Å². The summed E-state index contributed by atoms with van der Waals surface area (Å²) in [7, 11) is 0. The standard InChI is InChI=1S/C15H17BrN2O/c1-3-6-17-7-9-18(10-8-17)15(19)13-5-4-12(2)14(16)11-13/h1,4-5,11H,6-10H2,2H3. The van der Waals surface area contributed by atoms with Crippen molar-refractivity contribution < 1.29 is 4.79 Å². The average molecular weight is 321 g/mol. The number of carbonyl (C=O) groups excluding carboxylic acids is 1. The first-order valence-corrected chi connectivity index (χ1v) is 7.12. The molecule has 0 atom stereocenters. The second-order valence-electron chi connectivity index (χ2n) is 4.74. The smallest absolute Gasteiger partial charge is 0.253 e. The molecule has 1 heterocycles. The van der Waals surface area contributed by atoms with Gasteiger partial charge in [0.05, 0.1) is 6.54 Å². The molecule has 2 rings (SSSR count). The van der Waals surface area contributed by atoms with Crippen LogP contribution in [-0.2, 0) is 0 Å². The number of benzene rings is 1. The molecule has 1 aliphatic rings. The third-order valence-corrected chi connectivity index (χ3v) is 4.25. The summed E-state index contributed by atoms with van der Waals surface area (Å²) in [5.41, 5.74) is 1.87. The molecule has 0 radical (unpaired) electrons. The van der Waals surface area contributed by atoms with E-state index < -0.39 is 0 Å². The molecule has 0 aliphatic carbocycles. The van der Waals surface area contributed by atoms with Crippen LogP contribution >= 0.6 is 15.9 Å². The summed E-state index contributed by atoms with van der Waals surface area (Å²) < 4.78 is 0.976. The van der Waals surface area contributed by atoms with Gasteiger partial charge in [0.25, 0.3) is 5.91 Å². The maximum absolute atomic E-state index is 12.4. The maximum atomic E-state index is 12.4. The van der Waals surface area contributed by atoms with Crippen LogP contribution in [0.2, 0.25) is 0 Å². The summed E-state index contributed by atoms with van der Waals surface area (Å²) in [6.07, 6.45) is 5.30. The van der Waals surface area contributed by atoms with Crippen molar-refractivity contribution in [3.63, 3.8) is 0 Å². The topological polar surface area (TPSA) is 23.6 Å². The predicted molar refractivity (Wildman–Crippen MR) is 80.1 cm³/mol. The van der Waals surface area contributed by atoms with Crippen molar-refractivity contribution in [2.24, 2.45) is 0 Å². The number of amides is 1. The fraction of sp³-hybridized carbons (Fsp3) is 0.400. The third kappa shape index (κ3) is 3.37. The van der Waals surface area contributed by atoms with E-state index in [-0.39, 0.29) is 5.91 Å². The van der Waals surface area contributed by atoms with Gasteiger partial charge < -0.3 is 4.90 Å². The molecule has 0 bridgehead atoms. The Balaban J connectivity index is 2.01. The van der Waals surface area contributed by atoms with Crippen LogP contribution in [0.3, 0.4) is 0 Å².